The molecule has 3 aromatic rings. The van der Waals surface area contributed by atoms with Crippen molar-refractivity contribution in [1.82, 2.24) is 19.8 Å². The number of aromatic nitrogens is 2. The van der Waals surface area contributed by atoms with Crippen LogP contribution in [0.5, 0.6) is 5.75 Å². The Kier molecular flexibility index (Phi) is 8.50. The molecule has 0 radical (unpaired) electrons. The van der Waals surface area contributed by atoms with Crippen LogP contribution in [-0.2, 0) is 4.79 Å². The van der Waals surface area contributed by atoms with Crippen molar-refractivity contribution in [2.24, 2.45) is 0 Å². The highest BCUT2D eigenvalue weighted by molar-refractivity contribution is 8.01. The first-order valence-corrected chi connectivity index (χ1v) is 13.7. The molecule has 1 N–H and O–H groups in total. The second-order valence-electron chi connectivity index (χ2n) is 8.89. The van der Waals surface area contributed by atoms with E-state index in [2.05, 4.69) is 21.9 Å². The van der Waals surface area contributed by atoms with E-state index in [4.69, 9.17) is 4.74 Å². The van der Waals surface area contributed by atoms with E-state index in [1.54, 1.807) is 30.0 Å². The van der Waals surface area contributed by atoms with Crippen molar-refractivity contribution in [1.29, 1.82) is 0 Å². The standard InChI is InChI=1S/C27H31N5O3S2/c1-6-23(33)32-12-8-11-31(16-19(32)4)26(34)20-14-22(18(3)13-21(20)35-5)36-24-15-29-27(37-24)30-25-17(2)9-7-10-28-25/h6-7,9-10,13-15,19H,1,8,11-12,16H2,2-5H3,(H,28,29,30). The molecule has 8 nitrogen and oxygen atoms in total. The van der Waals surface area contributed by atoms with E-state index in [1.807, 2.05) is 56.1 Å². The van der Waals surface area contributed by atoms with E-state index in [0.717, 1.165) is 31.2 Å². The maximum absolute atomic E-state index is 13.7. The summed E-state index contributed by atoms with van der Waals surface area (Å²) in [5, 5.41) is 4.03. The summed E-state index contributed by atoms with van der Waals surface area (Å²) in [7, 11) is 1.58. The zero-order chi connectivity index (χ0) is 26.5. The molecule has 1 fully saturated rings. The number of aryl methyl sites for hydroxylation is 2. The van der Waals surface area contributed by atoms with Gasteiger partial charge in [0.1, 0.15) is 11.6 Å². The Hall–Kier alpha value is -3.37. The van der Waals surface area contributed by atoms with Crippen LogP contribution in [0.25, 0.3) is 0 Å². The Labute approximate surface area is 225 Å². The topological polar surface area (TPSA) is 87.7 Å². The fourth-order valence-electron chi connectivity index (χ4n) is 4.26. The summed E-state index contributed by atoms with van der Waals surface area (Å²) in [5.41, 5.74) is 2.56. The molecule has 194 valence electrons. The van der Waals surface area contributed by atoms with E-state index in [9.17, 15) is 9.59 Å². The molecule has 2 amide bonds. The highest BCUT2D eigenvalue weighted by Gasteiger charge is 2.29. The lowest BCUT2D eigenvalue weighted by Gasteiger charge is -2.28. The molecule has 0 bridgehead atoms. The molecule has 37 heavy (non-hydrogen) atoms. The number of anilines is 2. The minimum atomic E-state index is -0.106. The number of rotatable bonds is 7. The third-order valence-corrected chi connectivity index (χ3v) is 8.42. The van der Waals surface area contributed by atoms with Gasteiger partial charge in [-0.2, -0.15) is 0 Å². The second kappa shape index (κ2) is 11.8. The van der Waals surface area contributed by atoms with Crippen LogP contribution in [0, 0.1) is 13.8 Å². The highest BCUT2D eigenvalue weighted by Crippen LogP contribution is 2.39. The van der Waals surface area contributed by atoms with Gasteiger partial charge in [-0.25, -0.2) is 9.97 Å². The van der Waals surface area contributed by atoms with E-state index in [1.165, 1.54) is 17.4 Å². The van der Waals surface area contributed by atoms with Crippen molar-refractivity contribution in [2.75, 3.05) is 32.1 Å². The van der Waals surface area contributed by atoms with Gasteiger partial charge in [0.15, 0.2) is 5.13 Å². The summed E-state index contributed by atoms with van der Waals surface area (Å²) in [6, 6.07) is 7.60. The van der Waals surface area contributed by atoms with Crippen LogP contribution in [0.2, 0.25) is 0 Å². The van der Waals surface area contributed by atoms with E-state index in [-0.39, 0.29) is 17.9 Å². The van der Waals surface area contributed by atoms with Crippen LogP contribution in [-0.4, -0.2) is 64.4 Å². The molecular weight excluding hydrogens is 506 g/mol. The van der Waals surface area contributed by atoms with Gasteiger partial charge in [0, 0.05) is 36.8 Å². The van der Waals surface area contributed by atoms with Gasteiger partial charge in [0.2, 0.25) is 5.91 Å². The minimum absolute atomic E-state index is 0.101. The number of carbonyl (C=O) groups is 2. The molecule has 3 heterocycles. The van der Waals surface area contributed by atoms with Crippen LogP contribution >= 0.6 is 23.1 Å². The third kappa shape index (κ3) is 6.14. The molecule has 1 aliphatic heterocycles. The number of thiazole rings is 1. The molecule has 1 aliphatic rings. The summed E-state index contributed by atoms with van der Waals surface area (Å²) >= 11 is 3.09. The van der Waals surface area contributed by atoms with Crippen molar-refractivity contribution in [3.63, 3.8) is 0 Å². The average molecular weight is 538 g/mol. The summed E-state index contributed by atoms with van der Waals surface area (Å²) in [6.45, 7) is 11.2. The first-order valence-electron chi connectivity index (χ1n) is 12.0. The number of hydrogen-bond acceptors (Lipinski definition) is 8. The molecule has 0 spiro atoms. The fourth-order valence-corrected chi connectivity index (χ4v) is 6.20. The second-order valence-corrected chi connectivity index (χ2v) is 11.3. The SMILES string of the molecule is C=CC(=O)N1CCCN(C(=O)c2cc(Sc3cnc(Nc4ncccc4C)s3)c(C)cc2OC)CC1C. The van der Waals surface area contributed by atoms with Crippen LogP contribution < -0.4 is 10.1 Å². The average Bonchev–Trinajstić information content (AvgIpc) is 3.24. The first kappa shape index (κ1) is 26.7. The molecule has 1 unspecified atom stereocenters. The van der Waals surface area contributed by atoms with Crippen LogP contribution in [0.1, 0.15) is 34.8 Å². The molecule has 0 saturated carbocycles. The summed E-state index contributed by atoms with van der Waals surface area (Å²) in [4.78, 5) is 39.3. The largest absolute Gasteiger partial charge is 0.496 e. The van der Waals surface area contributed by atoms with Crippen molar-refractivity contribution in [2.45, 2.75) is 42.3 Å². The summed E-state index contributed by atoms with van der Waals surface area (Å²) in [5.74, 6) is 1.11. The molecule has 2 aromatic heterocycles. The van der Waals surface area contributed by atoms with Crippen LogP contribution in [0.4, 0.5) is 10.9 Å². The first-order chi connectivity index (χ1) is 17.8. The van der Waals surface area contributed by atoms with E-state index >= 15 is 0 Å². The number of benzene rings is 1. The van der Waals surface area contributed by atoms with Gasteiger partial charge in [-0.15, -0.1) is 0 Å². The number of nitrogens with one attached hydrogen (secondary N) is 1. The zero-order valence-corrected chi connectivity index (χ0v) is 23.1. The monoisotopic (exact) mass is 537 g/mol. The zero-order valence-electron chi connectivity index (χ0n) is 21.5. The van der Waals surface area contributed by atoms with Crippen molar-refractivity contribution < 1.29 is 14.3 Å². The van der Waals surface area contributed by atoms with Crippen molar-refractivity contribution in [3.8, 4) is 5.75 Å². The normalized spacial score (nSPS) is 15.7. The van der Waals surface area contributed by atoms with Gasteiger partial charge < -0.3 is 19.9 Å². The van der Waals surface area contributed by atoms with E-state index in [0.29, 0.717) is 37.4 Å². The predicted octanol–water partition coefficient (Wildman–Crippen LogP) is 5.31. The molecule has 1 atom stereocenters. The Morgan fingerprint density at radius 3 is 2.78 bits per heavy atom. The number of hydrogen-bond donors (Lipinski definition) is 1. The Morgan fingerprint density at radius 1 is 1.24 bits per heavy atom. The van der Waals surface area contributed by atoms with Gasteiger partial charge in [-0.1, -0.05) is 35.7 Å². The number of methoxy groups -OCH3 is 1. The fraction of sp³-hybridized carbons (Fsp3) is 0.333. The smallest absolute Gasteiger partial charge is 0.257 e. The number of amides is 2. The molecule has 0 aliphatic carbocycles. The maximum Gasteiger partial charge on any atom is 0.257 e. The van der Waals surface area contributed by atoms with Gasteiger partial charge in [-0.05, 0) is 62.6 Å². The van der Waals surface area contributed by atoms with Gasteiger partial charge in [0.25, 0.3) is 5.91 Å². The Balaban J connectivity index is 1.54. The van der Waals surface area contributed by atoms with E-state index < -0.39 is 0 Å². The van der Waals surface area contributed by atoms with Gasteiger partial charge in [0.05, 0.1) is 23.1 Å². The highest BCUT2D eigenvalue weighted by atomic mass is 32.2. The van der Waals surface area contributed by atoms with Crippen LogP contribution in [0.15, 0.2) is 58.4 Å². The summed E-state index contributed by atoms with van der Waals surface area (Å²) < 4.78 is 6.59. The minimum Gasteiger partial charge on any atom is -0.496 e. The Morgan fingerprint density at radius 2 is 2.05 bits per heavy atom. The molecule has 4 rings (SSSR count). The molecule has 10 heteroatoms. The maximum atomic E-state index is 13.7. The number of pyridine rings is 1. The van der Waals surface area contributed by atoms with Gasteiger partial charge >= 0.3 is 0 Å². The Bertz CT molecular complexity index is 1310. The van der Waals surface area contributed by atoms with Crippen molar-refractivity contribution in [3.05, 3.63) is 66.0 Å². The quantitative estimate of drug-likeness (QED) is 0.409. The summed E-state index contributed by atoms with van der Waals surface area (Å²) in [6.07, 6.45) is 5.61. The van der Waals surface area contributed by atoms with Gasteiger partial charge in [-0.3, -0.25) is 9.59 Å². The number of nitrogens with zero attached hydrogens (tertiary/aromatic N) is 4. The molecule has 1 saturated heterocycles. The molecular formula is C27H31N5O3S2. The number of ether oxygens (including phenoxy) is 1. The third-order valence-electron chi connectivity index (χ3n) is 6.25. The lowest BCUT2D eigenvalue weighted by Crippen LogP contribution is -2.43. The lowest BCUT2D eigenvalue weighted by atomic mass is 10.1. The molecule has 1 aromatic carbocycles. The number of carbonyl (C=O) groups excluding carboxylic acids is 2. The van der Waals surface area contributed by atoms with Crippen LogP contribution in [0.3, 0.4) is 0 Å². The van der Waals surface area contributed by atoms with Crippen molar-refractivity contribution >= 4 is 45.9 Å². The predicted molar refractivity (Wildman–Crippen MR) is 148 cm³/mol. The lowest BCUT2D eigenvalue weighted by molar-refractivity contribution is -0.127.